The van der Waals surface area contributed by atoms with Crippen LogP contribution in [0.1, 0.15) is 37.7 Å². The second-order valence-electron chi connectivity index (χ2n) is 6.67. The Morgan fingerprint density at radius 3 is 2.57 bits per heavy atom. The number of nitrogens with one attached hydrogen (secondary N) is 1. The zero-order valence-electron chi connectivity index (χ0n) is 12.4. The third-order valence-electron chi connectivity index (χ3n) is 5.17. The Hall–Kier alpha value is -1.06. The van der Waals surface area contributed by atoms with Crippen LogP contribution in [-0.2, 0) is 4.79 Å². The minimum atomic E-state index is 0.0810. The standard InChI is InChI=1S/C17H23ClN2O/c1-10-5-6-15(14(18)7-10)20-17(21)13-8-11-3-2-4-12(9-13)16(11)19/h5-7,11-13,16H,2-4,8-9,19H2,1H3,(H,20,21). The smallest absolute Gasteiger partial charge is 0.227 e. The van der Waals surface area contributed by atoms with Crippen LogP contribution in [0.25, 0.3) is 0 Å². The molecular formula is C17H23ClN2O. The van der Waals surface area contributed by atoms with Gasteiger partial charge in [0.15, 0.2) is 0 Å². The minimum Gasteiger partial charge on any atom is -0.327 e. The number of rotatable bonds is 2. The Bertz CT molecular complexity index is 532. The van der Waals surface area contributed by atoms with Gasteiger partial charge in [-0.3, -0.25) is 4.79 Å². The largest absolute Gasteiger partial charge is 0.327 e. The van der Waals surface area contributed by atoms with Gasteiger partial charge in [0.2, 0.25) is 5.91 Å². The third-order valence-corrected chi connectivity index (χ3v) is 5.48. The molecule has 2 saturated carbocycles. The number of carbonyl (C=O) groups is 1. The third kappa shape index (κ3) is 3.09. The van der Waals surface area contributed by atoms with Gasteiger partial charge in [-0.05, 0) is 62.1 Å². The quantitative estimate of drug-likeness (QED) is 0.874. The molecule has 1 aromatic carbocycles. The molecule has 0 saturated heterocycles. The Morgan fingerprint density at radius 2 is 1.95 bits per heavy atom. The van der Waals surface area contributed by atoms with E-state index in [-0.39, 0.29) is 11.8 Å². The number of anilines is 1. The molecule has 114 valence electrons. The van der Waals surface area contributed by atoms with Gasteiger partial charge in [-0.1, -0.05) is 24.1 Å². The molecule has 0 heterocycles. The lowest BCUT2D eigenvalue weighted by Crippen LogP contribution is -2.48. The van der Waals surface area contributed by atoms with Crippen LogP contribution in [0, 0.1) is 24.7 Å². The number of benzene rings is 1. The van der Waals surface area contributed by atoms with Crippen molar-refractivity contribution in [2.45, 2.75) is 45.1 Å². The molecule has 3 nitrogen and oxygen atoms in total. The summed E-state index contributed by atoms with van der Waals surface area (Å²) in [6.07, 6.45) is 5.46. The predicted octanol–water partition coefficient (Wildman–Crippen LogP) is 3.74. The van der Waals surface area contributed by atoms with E-state index in [1.807, 2.05) is 25.1 Å². The van der Waals surface area contributed by atoms with Crippen LogP contribution in [0.3, 0.4) is 0 Å². The van der Waals surface area contributed by atoms with Gasteiger partial charge in [-0.25, -0.2) is 0 Å². The van der Waals surface area contributed by atoms with E-state index in [4.69, 9.17) is 17.3 Å². The second-order valence-corrected chi connectivity index (χ2v) is 7.08. The summed E-state index contributed by atoms with van der Waals surface area (Å²) in [5, 5.41) is 3.61. The first-order valence-electron chi connectivity index (χ1n) is 7.87. The van der Waals surface area contributed by atoms with Crippen molar-refractivity contribution in [1.82, 2.24) is 0 Å². The van der Waals surface area contributed by atoms with Crippen LogP contribution in [0.4, 0.5) is 5.69 Å². The molecule has 2 atom stereocenters. The van der Waals surface area contributed by atoms with Crippen molar-refractivity contribution in [3.63, 3.8) is 0 Å². The number of fused-ring (bicyclic) bond motifs is 2. The molecule has 2 bridgehead atoms. The fraction of sp³-hybridized carbons (Fsp3) is 0.588. The van der Waals surface area contributed by atoms with Crippen molar-refractivity contribution in [2.75, 3.05) is 5.32 Å². The highest BCUT2D eigenvalue weighted by Crippen LogP contribution is 2.42. The number of hydrogen-bond acceptors (Lipinski definition) is 2. The Balaban J connectivity index is 1.68. The maximum atomic E-state index is 12.5. The lowest BCUT2D eigenvalue weighted by atomic mass is 9.65. The van der Waals surface area contributed by atoms with Crippen molar-refractivity contribution in [1.29, 1.82) is 0 Å². The second kappa shape index (κ2) is 5.98. The Morgan fingerprint density at radius 1 is 1.29 bits per heavy atom. The molecule has 3 rings (SSSR count). The summed E-state index contributed by atoms with van der Waals surface area (Å²) in [6, 6.07) is 6.02. The van der Waals surface area contributed by atoms with Crippen molar-refractivity contribution in [3.05, 3.63) is 28.8 Å². The average Bonchev–Trinajstić information content (AvgIpc) is 2.41. The Labute approximate surface area is 131 Å². The van der Waals surface area contributed by atoms with Gasteiger partial charge in [-0.2, -0.15) is 0 Å². The van der Waals surface area contributed by atoms with Crippen LogP contribution in [0.15, 0.2) is 18.2 Å². The van der Waals surface area contributed by atoms with Crippen molar-refractivity contribution in [3.8, 4) is 0 Å². The van der Waals surface area contributed by atoms with Crippen molar-refractivity contribution < 1.29 is 4.79 Å². The molecule has 2 aliphatic rings. The minimum absolute atomic E-state index is 0.0810. The van der Waals surface area contributed by atoms with Crippen LogP contribution in [-0.4, -0.2) is 11.9 Å². The first-order chi connectivity index (χ1) is 10.0. The molecule has 3 N–H and O–H groups in total. The normalized spacial score (nSPS) is 31.8. The van der Waals surface area contributed by atoms with E-state index in [1.54, 1.807) is 0 Å². The van der Waals surface area contributed by atoms with E-state index in [1.165, 1.54) is 19.3 Å². The number of hydrogen-bond donors (Lipinski definition) is 2. The fourth-order valence-electron chi connectivity index (χ4n) is 3.96. The summed E-state index contributed by atoms with van der Waals surface area (Å²) in [5.41, 5.74) is 8.10. The molecule has 4 heteroatoms. The number of halogens is 1. The molecule has 2 fully saturated rings. The maximum absolute atomic E-state index is 12.5. The zero-order valence-corrected chi connectivity index (χ0v) is 13.2. The lowest BCUT2D eigenvalue weighted by molar-refractivity contribution is -0.122. The van der Waals surface area contributed by atoms with Crippen LogP contribution in [0.5, 0.6) is 0 Å². The lowest BCUT2D eigenvalue weighted by Gasteiger charge is -2.43. The van der Waals surface area contributed by atoms with Crippen LogP contribution >= 0.6 is 11.6 Å². The molecule has 0 aliphatic heterocycles. The molecule has 1 aromatic rings. The van der Waals surface area contributed by atoms with Gasteiger partial charge in [-0.15, -0.1) is 0 Å². The first kappa shape index (κ1) is 14.9. The number of amides is 1. The van der Waals surface area contributed by atoms with E-state index in [2.05, 4.69) is 5.32 Å². The van der Waals surface area contributed by atoms with E-state index in [9.17, 15) is 4.79 Å². The summed E-state index contributed by atoms with van der Waals surface area (Å²) >= 11 is 6.20. The Kier molecular flexibility index (Phi) is 4.23. The van der Waals surface area contributed by atoms with Crippen LogP contribution < -0.4 is 11.1 Å². The summed E-state index contributed by atoms with van der Waals surface area (Å²) in [6.45, 7) is 1.99. The SMILES string of the molecule is Cc1ccc(NC(=O)C2CC3CCCC(C2)C3N)c(Cl)c1. The number of nitrogens with two attached hydrogens (primary N) is 1. The number of aryl methyl sites for hydroxylation is 1. The summed E-state index contributed by atoms with van der Waals surface area (Å²) in [4.78, 5) is 12.5. The van der Waals surface area contributed by atoms with E-state index in [0.717, 1.165) is 18.4 Å². The highest BCUT2D eigenvalue weighted by atomic mass is 35.5. The summed E-state index contributed by atoms with van der Waals surface area (Å²) in [5.74, 6) is 1.21. The van der Waals surface area contributed by atoms with Gasteiger partial charge < -0.3 is 11.1 Å². The monoisotopic (exact) mass is 306 g/mol. The maximum Gasteiger partial charge on any atom is 0.227 e. The van der Waals surface area contributed by atoms with Crippen LogP contribution in [0.2, 0.25) is 5.02 Å². The number of carbonyl (C=O) groups excluding carboxylic acids is 1. The van der Waals surface area contributed by atoms with Gasteiger partial charge in [0.1, 0.15) is 0 Å². The van der Waals surface area contributed by atoms with E-state index in [0.29, 0.717) is 28.6 Å². The van der Waals surface area contributed by atoms with Crippen molar-refractivity contribution >= 4 is 23.2 Å². The average molecular weight is 307 g/mol. The molecule has 2 unspecified atom stereocenters. The molecular weight excluding hydrogens is 284 g/mol. The van der Waals surface area contributed by atoms with Gasteiger partial charge in [0.05, 0.1) is 10.7 Å². The highest BCUT2D eigenvalue weighted by Gasteiger charge is 2.40. The predicted molar refractivity (Wildman–Crippen MR) is 86.3 cm³/mol. The molecule has 2 aliphatic carbocycles. The van der Waals surface area contributed by atoms with Gasteiger partial charge in [0.25, 0.3) is 0 Å². The summed E-state index contributed by atoms with van der Waals surface area (Å²) < 4.78 is 0. The van der Waals surface area contributed by atoms with E-state index >= 15 is 0 Å². The zero-order chi connectivity index (χ0) is 15.0. The highest BCUT2D eigenvalue weighted by molar-refractivity contribution is 6.33. The topological polar surface area (TPSA) is 55.1 Å². The molecule has 0 aromatic heterocycles. The van der Waals surface area contributed by atoms with E-state index < -0.39 is 0 Å². The molecule has 1 amide bonds. The van der Waals surface area contributed by atoms with Crippen molar-refractivity contribution in [2.24, 2.45) is 23.5 Å². The molecule has 0 radical (unpaired) electrons. The van der Waals surface area contributed by atoms with Gasteiger partial charge in [0, 0.05) is 12.0 Å². The fourth-order valence-corrected chi connectivity index (χ4v) is 4.24. The molecule has 0 spiro atoms. The first-order valence-corrected chi connectivity index (χ1v) is 8.25. The molecule has 21 heavy (non-hydrogen) atoms. The van der Waals surface area contributed by atoms with Gasteiger partial charge >= 0.3 is 0 Å². The summed E-state index contributed by atoms with van der Waals surface area (Å²) in [7, 11) is 0.